The van der Waals surface area contributed by atoms with E-state index in [2.05, 4.69) is 4.98 Å². The lowest BCUT2D eigenvalue weighted by atomic mass is 10.1. The molecular weight excluding hydrogens is 287 g/mol. The zero-order valence-electron chi connectivity index (χ0n) is 10.6. The molecule has 0 aliphatic heterocycles. The topological polar surface area (TPSA) is 33.1 Å². The van der Waals surface area contributed by atoms with Crippen LogP contribution in [0, 0.1) is 0 Å². The monoisotopic (exact) mass is 299 g/mol. The summed E-state index contributed by atoms with van der Waals surface area (Å²) in [7, 11) is 0. The van der Waals surface area contributed by atoms with Gasteiger partial charge in [-0.2, -0.15) is 13.2 Å². The summed E-state index contributed by atoms with van der Waals surface area (Å²) in [4.78, 5) is 5.06. The number of alkyl halides is 3. The Morgan fingerprint density at radius 1 is 1.25 bits per heavy atom. The van der Waals surface area contributed by atoms with E-state index < -0.39 is 11.7 Å². The van der Waals surface area contributed by atoms with Crippen LogP contribution >= 0.6 is 11.3 Å². The van der Waals surface area contributed by atoms with Crippen LogP contribution < -0.4 is 0 Å². The second-order valence-corrected chi connectivity index (χ2v) is 5.09. The van der Waals surface area contributed by atoms with E-state index in [0.29, 0.717) is 16.3 Å². The van der Waals surface area contributed by atoms with E-state index in [-0.39, 0.29) is 6.61 Å². The van der Waals surface area contributed by atoms with Gasteiger partial charge in [0.1, 0.15) is 5.01 Å². The summed E-state index contributed by atoms with van der Waals surface area (Å²) in [5.41, 5.74) is 0.449. The van der Waals surface area contributed by atoms with Crippen molar-refractivity contribution in [3.8, 4) is 10.6 Å². The molecule has 1 heterocycles. The fraction of sp³-hybridized carbons (Fsp3) is 0.214. The van der Waals surface area contributed by atoms with Gasteiger partial charge in [0.15, 0.2) is 0 Å². The van der Waals surface area contributed by atoms with Gasteiger partial charge in [-0.3, -0.25) is 0 Å². The Balaban J connectivity index is 2.37. The highest BCUT2D eigenvalue weighted by atomic mass is 32.1. The van der Waals surface area contributed by atoms with E-state index in [1.54, 1.807) is 0 Å². The third-order valence-corrected chi connectivity index (χ3v) is 3.77. The van der Waals surface area contributed by atoms with Gasteiger partial charge in [-0.05, 0) is 25.1 Å². The number of hydrogen-bond acceptors (Lipinski definition) is 3. The standard InChI is InChI=1S/C14H12F3NOS/c1-2-3-12-11(8-19)18-13(20-12)9-4-6-10(7-5-9)14(15,16)17/h2-7,19H,8H2,1H3/b3-2+. The van der Waals surface area contributed by atoms with Crippen LogP contribution in [0.15, 0.2) is 30.3 Å². The van der Waals surface area contributed by atoms with Crippen molar-refractivity contribution < 1.29 is 18.3 Å². The Labute approximate surface area is 118 Å². The molecule has 2 rings (SSSR count). The molecule has 0 aliphatic carbocycles. The van der Waals surface area contributed by atoms with Crippen LogP contribution in [-0.2, 0) is 12.8 Å². The first-order valence-corrected chi connectivity index (χ1v) is 6.68. The van der Waals surface area contributed by atoms with Crippen molar-refractivity contribution in [1.29, 1.82) is 0 Å². The normalized spacial score (nSPS) is 12.2. The maximum Gasteiger partial charge on any atom is 0.416 e. The molecule has 1 aromatic carbocycles. The largest absolute Gasteiger partial charge is 0.416 e. The first-order valence-electron chi connectivity index (χ1n) is 5.86. The minimum absolute atomic E-state index is 0.198. The summed E-state index contributed by atoms with van der Waals surface area (Å²) in [6.45, 7) is 1.65. The van der Waals surface area contributed by atoms with Crippen LogP contribution in [0.2, 0.25) is 0 Å². The molecule has 0 atom stereocenters. The van der Waals surface area contributed by atoms with Gasteiger partial charge in [0.25, 0.3) is 0 Å². The lowest BCUT2D eigenvalue weighted by Crippen LogP contribution is -2.03. The summed E-state index contributed by atoms with van der Waals surface area (Å²) in [6, 6.07) is 4.85. The molecule has 0 spiro atoms. The molecule has 20 heavy (non-hydrogen) atoms. The maximum absolute atomic E-state index is 12.5. The molecule has 2 aromatic rings. The fourth-order valence-electron chi connectivity index (χ4n) is 1.68. The average molecular weight is 299 g/mol. The first kappa shape index (κ1) is 14.7. The molecule has 6 heteroatoms. The molecule has 0 aliphatic rings. The highest BCUT2D eigenvalue weighted by Gasteiger charge is 2.30. The van der Waals surface area contributed by atoms with Crippen molar-refractivity contribution in [3.05, 3.63) is 46.5 Å². The summed E-state index contributed by atoms with van der Waals surface area (Å²) in [5.74, 6) is 0. The quantitative estimate of drug-likeness (QED) is 0.913. The molecule has 2 nitrogen and oxygen atoms in total. The van der Waals surface area contributed by atoms with E-state index in [1.165, 1.54) is 23.5 Å². The third kappa shape index (κ3) is 3.08. The number of nitrogens with zero attached hydrogens (tertiary/aromatic N) is 1. The van der Waals surface area contributed by atoms with E-state index >= 15 is 0 Å². The number of halogens is 3. The van der Waals surface area contributed by atoms with Crippen molar-refractivity contribution in [3.63, 3.8) is 0 Å². The molecule has 106 valence electrons. The molecule has 1 aromatic heterocycles. The van der Waals surface area contributed by atoms with Crippen LogP contribution in [0.3, 0.4) is 0 Å². The van der Waals surface area contributed by atoms with Crippen molar-refractivity contribution in [2.75, 3.05) is 0 Å². The van der Waals surface area contributed by atoms with Crippen molar-refractivity contribution >= 4 is 17.4 Å². The van der Waals surface area contributed by atoms with Gasteiger partial charge in [-0.25, -0.2) is 4.98 Å². The highest BCUT2D eigenvalue weighted by molar-refractivity contribution is 7.16. The molecule has 0 saturated carbocycles. The van der Waals surface area contributed by atoms with E-state index in [0.717, 1.165) is 17.0 Å². The second-order valence-electron chi connectivity index (χ2n) is 4.06. The van der Waals surface area contributed by atoms with Crippen LogP contribution in [-0.4, -0.2) is 10.1 Å². The lowest BCUT2D eigenvalue weighted by Gasteiger charge is -2.06. The molecule has 0 fully saturated rings. The molecule has 0 saturated heterocycles. The molecule has 0 radical (unpaired) electrons. The first-order chi connectivity index (χ1) is 9.45. The predicted octanol–water partition coefficient (Wildman–Crippen LogP) is 4.35. The molecular formula is C14H12F3NOS. The molecule has 0 amide bonds. The van der Waals surface area contributed by atoms with Gasteiger partial charge in [-0.1, -0.05) is 18.2 Å². The average Bonchev–Trinajstić information content (AvgIpc) is 2.81. The summed E-state index contributed by atoms with van der Waals surface area (Å²) in [5, 5.41) is 9.81. The van der Waals surface area contributed by atoms with Crippen molar-refractivity contribution in [2.24, 2.45) is 0 Å². The fourth-order valence-corrected chi connectivity index (χ4v) is 2.73. The lowest BCUT2D eigenvalue weighted by molar-refractivity contribution is -0.137. The highest BCUT2D eigenvalue weighted by Crippen LogP contribution is 2.33. The minimum atomic E-state index is -4.34. The number of aliphatic hydroxyl groups is 1. The Bertz CT molecular complexity index is 614. The van der Waals surface area contributed by atoms with Crippen LogP contribution in [0.25, 0.3) is 16.6 Å². The summed E-state index contributed by atoms with van der Waals surface area (Å²) in [6.07, 6.45) is -0.701. The zero-order chi connectivity index (χ0) is 14.8. The SMILES string of the molecule is C/C=C/c1sc(-c2ccc(C(F)(F)F)cc2)nc1CO. The van der Waals surface area contributed by atoms with E-state index in [1.807, 2.05) is 19.1 Å². The van der Waals surface area contributed by atoms with Gasteiger partial charge in [0.05, 0.1) is 22.7 Å². The second kappa shape index (κ2) is 5.76. The molecule has 0 bridgehead atoms. The van der Waals surface area contributed by atoms with Gasteiger partial charge >= 0.3 is 6.18 Å². The van der Waals surface area contributed by atoms with Gasteiger partial charge in [0, 0.05) is 5.56 Å². The van der Waals surface area contributed by atoms with Gasteiger partial charge in [0.2, 0.25) is 0 Å². The zero-order valence-corrected chi connectivity index (χ0v) is 11.4. The van der Waals surface area contributed by atoms with Crippen LogP contribution in [0.4, 0.5) is 13.2 Å². The Morgan fingerprint density at radius 2 is 1.90 bits per heavy atom. The Kier molecular flexibility index (Phi) is 4.25. The van der Waals surface area contributed by atoms with Crippen LogP contribution in [0.1, 0.15) is 23.1 Å². The molecule has 0 unspecified atom stereocenters. The number of aromatic nitrogens is 1. The number of thiazole rings is 1. The summed E-state index contributed by atoms with van der Waals surface area (Å²) >= 11 is 1.34. The van der Waals surface area contributed by atoms with Crippen molar-refractivity contribution in [2.45, 2.75) is 19.7 Å². The van der Waals surface area contributed by atoms with Gasteiger partial charge in [-0.15, -0.1) is 11.3 Å². The van der Waals surface area contributed by atoms with Crippen LogP contribution in [0.5, 0.6) is 0 Å². The third-order valence-electron chi connectivity index (χ3n) is 2.65. The minimum Gasteiger partial charge on any atom is -0.390 e. The number of hydrogen-bond donors (Lipinski definition) is 1. The van der Waals surface area contributed by atoms with E-state index in [9.17, 15) is 18.3 Å². The maximum atomic E-state index is 12.5. The Morgan fingerprint density at radius 3 is 2.40 bits per heavy atom. The predicted molar refractivity (Wildman–Crippen MR) is 73.2 cm³/mol. The van der Waals surface area contributed by atoms with E-state index in [4.69, 9.17) is 0 Å². The van der Waals surface area contributed by atoms with Gasteiger partial charge < -0.3 is 5.11 Å². The number of benzene rings is 1. The number of allylic oxidation sites excluding steroid dienone is 1. The Hall–Kier alpha value is -1.66. The number of aliphatic hydroxyl groups excluding tert-OH is 1. The molecule has 1 N–H and O–H groups in total. The van der Waals surface area contributed by atoms with Crippen molar-refractivity contribution in [1.82, 2.24) is 4.98 Å². The summed E-state index contributed by atoms with van der Waals surface area (Å²) < 4.78 is 37.5. The smallest absolute Gasteiger partial charge is 0.390 e. The number of rotatable bonds is 3.